The fraction of sp³-hybridized carbons (Fsp3) is 0.667. The first-order valence-electron chi connectivity index (χ1n) is 4.74. The lowest BCUT2D eigenvalue weighted by Gasteiger charge is -2.18. The van der Waals surface area contributed by atoms with Gasteiger partial charge in [-0.2, -0.15) is 0 Å². The Kier molecular flexibility index (Phi) is 3.28. The van der Waals surface area contributed by atoms with Gasteiger partial charge in [-0.05, 0) is 25.9 Å². The molecule has 1 rings (SSSR count). The summed E-state index contributed by atoms with van der Waals surface area (Å²) in [7, 11) is 1.76. The van der Waals surface area contributed by atoms with E-state index in [1.165, 1.54) is 4.68 Å². The number of aromatic nitrogens is 3. The number of nitrogens with one attached hydrogen (secondary N) is 1. The van der Waals surface area contributed by atoms with Crippen LogP contribution in [0, 0.1) is 0 Å². The van der Waals surface area contributed by atoms with E-state index < -0.39 is 5.60 Å². The van der Waals surface area contributed by atoms with Gasteiger partial charge in [0.15, 0.2) is 0 Å². The molecule has 0 radical (unpaired) electrons. The van der Waals surface area contributed by atoms with Gasteiger partial charge in [-0.3, -0.25) is 5.43 Å². The lowest BCUT2D eigenvalue weighted by Crippen LogP contribution is -2.42. The number of carbonyl (C=O) groups is 1. The Morgan fingerprint density at radius 3 is 2.73 bits per heavy atom. The minimum Gasteiger partial charge on any atom is -0.457 e. The average Bonchev–Trinajstić information content (AvgIpc) is 2.48. The third-order valence-electron chi connectivity index (χ3n) is 1.55. The van der Waals surface area contributed by atoms with Crippen molar-refractivity contribution in [3.63, 3.8) is 0 Å². The van der Waals surface area contributed by atoms with E-state index in [2.05, 4.69) is 10.5 Å². The summed E-state index contributed by atoms with van der Waals surface area (Å²) in [6.07, 6.45) is 3.24. The zero-order valence-corrected chi connectivity index (χ0v) is 9.52. The Balaban J connectivity index is 2.51. The Labute approximate surface area is 88.8 Å². The predicted octanol–water partition coefficient (Wildman–Crippen LogP) is -0.314. The van der Waals surface area contributed by atoms with Crippen molar-refractivity contribution < 1.29 is 14.2 Å². The topological polar surface area (TPSA) is 60.0 Å². The molecule has 0 aromatic carbocycles. The van der Waals surface area contributed by atoms with Gasteiger partial charge in [-0.15, -0.1) is 9.36 Å². The molecule has 0 saturated heterocycles. The Hall–Kier alpha value is -1.59. The van der Waals surface area contributed by atoms with E-state index in [0.29, 0.717) is 0 Å². The van der Waals surface area contributed by atoms with Crippen molar-refractivity contribution in [3.05, 3.63) is 12.7 Å². The highest BCUT2D eigenvalue weighted by Gasteiger charge is 2.19. The van der Waals surface area contributed by atoms with E-state index in [9.17, 15) is 4.79 Å². The molecule has 0 bridgehead atoms. The highest BCUT2D eigenvalue weighted by atomic mass is 16.6. The van der Waals surface area contributed by atoms with Gasteiger partial charge in [0.05, 0.1) is 0 Å². The van der Waals surface area contributed by atoms with Crippen molar-refractivity contribution in [2.75, 3.05) is 12.5 Å². The standard InChI is InChI=1S/C9H17N4O2/c1-9(2,3)15-8(14)5-12-7-13(10-4)6-11-12/h6-7,10H,5H2,1-4H3/q+1. The molecule has 1 N–H and O–H groups in total. The highest BCUT2D eigenvalue weighted by molar-refractivity contribution is 5.68. The van der Waals surface area contributed by atoms with Crippen LogP contribution in [0.3, 0.4) is 0 Å². The molecule has 84 valence electrons. The van der Waals surface area contributed by atoms with Crippen LogP contribution in [0.4, 0.5) is 0 Å². The number of carbonyl (C=O) groups excluding carboxylic acids is 1. The Morgan fingerprint density at radius 1 is 1.60 bits per heavy atom. The fourth-order valence-corrected chi connectivity index (χ4v) is 1.03. The smallest absolute Gasteiger partial charge is 0.351 e. The van der Waals surface area contributed by atoms with Crippen molar-refractivity contribution in [1.82, 2.24) is 9.77 Å². The summed E-state index contributed by atoms with van der Waals surface area (Å²) in [4.78, 5) is 11.4. The molecule has 0 aliphatic rings. The largest absolute Gasteiger partial charge is 0.457 e. The van der Waals surface area contributed by atoms with E-state index in [-0.39, 0.29) is 12.5 Å². The summed E-state index contributed by atoms with van der Waals surface area (Å²) >= 11 is 0. The summed E-state index contributed by atoms with van der Waals surface area (Å²) in [5.41, 5.74) is 2.39. The van der Waals surface area contributed by atoms with E-state index in [1.54, 1.807) is 24.4 Å². The van der Waals surface area contributed by atoms with Crippen LogP contribution in [0.15, 0.2) is 12.7 Å². The van der Waals surface area contributed by atoms with Crippen molar-refractivity contribution in [2.45, 2.75) is 32.9 Å². The van der Waals surface area contributed by atoms with Crippen LogP contribution in [0.2, 0.25) is 0 Å². The maximum atomic E-state index is 11.4. The SMILES string of the molecule is CNn1cn[n+](CC(=O)OC(C)(C)C)c1. The number of ether oxygens (including phenoxy) is 1. The summed E-state index contributed by atoms with van der Waals surface area (Å²) in [6.45, 7) is 5.62. The lowest BCUT2D eigenvalue weighted by atomic mass is 10.2. The van der Waals surface area contributed by atoms with Crippen LogP contribution in [0.1, 0.15) is 20.8 Å². The Morgan fingerprint density at radius 2 is 2.27 bits per heavy atom. The third-order valence-corrected chi connectivity index (χ3v) is 1.55. The maximum Gasteiger partial charge on any atom is 0.351 e. The van der Waals surface area contributed by atoms with Crippen LogP contribution < -0.4 is 10.1 Å². The molecule has 1 heterocycles. The van der Waals surface area contributed by atoms with Gasteiger partial charge in [0, 0.05) is 7.05 Å². The van der Waals surface area contributed by atoms with Gasteiger partial charge >= 0.3 is 5.97 Å². The first kappa shape index (κ1) is 11.5. The molecule has 1 aromatic heterocycles. The van der Waals surface area contributed by atoms with E-state index in [0.717, 1.165) is 0 Å². The molecule has 0 saturated carbocycles. The first-order valence-corrected chi connectivity index (χ1v) is 4.74. The molecule has 0 fully saturated rings. The molecular weight excluding hydrogens is 196 g/mol. The first-order chi connectivity index (χ1) is 6.90. The van der Waals surface area contributed by atoms with Crippen LogP contribution >= 0.6 is 0 Å². The number of rotatable bonds is 3. The lowest BCUT2D eigenvalue weighted by molar-refractivity contribution is -0.741. The van der Waals surface area contributed by atoms with E-state index >= 15 is 0 Å². The second kappa shape index (κ2) is 4.29. The molecule has 0 amide bonds. The Bertz CT molecular complexity index is 340. The molecule has 0 atom stereocenters. The van der Waals surface area contributed by atoms with Gasteiger partial charge < -0.3 is 4.74 Å². The van der Waals surface area contributed by atoms with Crippen LogP contribution in [0.5, 0.6) is 0 Å². The molecule has 0 spiro atoms. The normalized spacial score (nSPS) is 11.2. The van der Waals surface area contributed by atoms with Gasteiger partial charge in [-0.25, -0.2) is 4.79 Å². The molecule has 1 aromatic rings. The molecule has 0 unspecified atom stereocenters. The fourth-order valence-electron chi connectivity index (χ4n) is 1.03. The zero-order valence-electron chi connectivity index (χ0n) is 9.52. The second-order valence-corrected chi connectivity index (χ2v) is 4.16. The minimum atomic E-state index is -0.455. The number of esters is 1. The van der Waals surface area contributed by atoms with Crippen LogP contribution in [0.25, 0.3) is 0 Å². The molecule has 6 nitrogen and oxygen atoms in total. The van der Waals surface area contributed by atoms with E-state index in [4.69, 9.17) is 4.74 Å². The van der Waals surface area contributed by atoms with Gasteiger partial charge in [-0.1, -0.05) is 0 Å². The highest BCUT2D eigenvalue weighted by Crippen LogP contribution is 2.06. The monoisotopic (exact) mass is 213 g/mol. The summed E-state index contributed by atoms with van der Waals surface area (Å²) in [5.74, 6) is -0.297. The number of hydrogen-bond donors (Lipinski definition) is 1. The maximum absolute atomic E-state index is 11.4. The van der Waals surface area contributed by atoms with Crippen LogP contribution in [-0.2, 0) is 16.1 Å². The van der Waals surface area contributed by atoms with Crippen molar-refractivity contribution in [2.24, 2.45) is 0 Å². The van der Waals surface area contributed by atoms with Gasteiger partial charge in [0.1, 0.15) is 5.60 Å². The average molecular weight is 213 g/mol. The molecule has 0 aliphatic carbocycles. The molecular formula is C9H17N4O2+. The number of nitrogens with zero attached hydrogens (tertiary/aromatic N) is 3. The molecule has 0 aliphatic heterocycles. The van der Waals surface area contributed by atoms with E-state index in [1.807, 2.05) is 20.8 Å². The second-order valence-electron chi connectivity index (χ2n) is 4.16. The minimum absolute atomic E-state index is 0.117. The number of hydrogen-bond acceptors (Lipinski definition) is 4. The third kappa shape index (κ3) is 3.97. The summed E-state index contributed by atoms with van der Waals surface area (Å²) in [5, 5.41) is 3.97. The summed E-state index contributed by atoms with van der Waals surface area (Å²) in [6, 6.07) is 0. The van der Waals surface area contributed by atoms with Crippen LogP contribution in [-0.4, -0.2) is 28.4 Å². The quantitative estimate of drug-likeness (QED) is 0.552. The van der Waals surface area contributed by atoms with Gasteiger partial charge in [0.25, 0.3) is 6.33 Å². The molecule has 6 heteroatoms. The van der Waals surface area contributed by atoms with Crippen molar-refractivity contribution >= 4 is 5.97 Å². The molecule has 15 heavy (non-hydrogen) atoms. The predicted molar refractivity (Wildman–Crippen MR) is 53.6 cm³/mol. The summed E-state index contributed by atoms with van der Waals surface area (Å²) < 4.78 is 8.30. The zero-order chi connectivity index (χ0) is 11.5. The van der Waals surface area contributed by atoms with Crippen molar-refractivity contribution in [1.29, 1.82) is 0 Å². The van der Waals surface area contributed by atoms with Gasteiger partial charge in [0.2, 0.25) is 12.9 Å². The van der Waals surface area contributed by atoms with Crippen molar-refractivity contribution in [3.8, 4) is 0 Å².